The van der Waals surface area contributed by atoms with Crippen molar-refractivity contribution in [1.82, 2.24) is 5.32 Å². The average molecular weight is 333 g/mol. The Bertz CT molecular complexity index is 676. The molecule has 2 rings (SSSR count). The normalized spacial score (nSPS) is 10.2. The Morgan fingerprint density at radius 1 is 1.00 bits per heavy atom. The molecule has 2 aromatic carbocycles. The van der Waals surface area contributed by atoms with Crippen LogP contribution >= 0.6 is 0 Å². The van der Waals surface area contributed by atoms with Crippen molar-refractivity contribution >= 4 is 5.91 Å². The Balaban J connectivity index is 2.01. The fraction of sp³-hybridized carbons (Fsp3) is 0.278. The maximum atomic E-state index is 12.9. The number of hydrogen-bond acceptors (Lipinski definition) is 4. The highest BCUT2D eigenvalue weighted by molar-refractivity contribution is 5.94. The summed E-state index contributed by atoms with van der Waals surface area (Å²) in [4.78, 5) is 12.0. The molecule has 0 aliphatic rings. The number of ether oxygens (including phenoxy) is 3. The van der Waals surface area contributed by atoms with Gasteiger partial charge in [0.2, 0.25) is 5.75 Å². The summed E-state index contributed by atoms with van der Waals surface area (Å²) >= 11 is 0. The van der Waals surface area contributed by atoms with Crippen molar-refractivity contribution in [2.24, 2.45) is 0 Å². The van der Waals surface area contributed by atoms with Crippen LogP contribution in [0.25, 0.3) is 0 Å². The maximum absolute atomic E-state index is 12.9. The first kappa shape index (κ1) is 17.6. The third-order valence-electron chi connectivity index (χ3n) is 3.53. The zero-order chi connectivity index (χ0) is 17.5. The van der Waals surface area contributed by atoms with Crippen LogP contribution in [0.1, 0.15) is 15.9 Å². The average Bonchev–Trinajstić information content (AvgIpc) is 2.61. The zero-order valence-corrected chi connectivity index (χ0v) is 13.9. The van der Waals surface area contributed by atoms with E-state index < -0.39 is 0 Å². The highest BCUT2D eigenvalue weighted by Gasteiger charge is 2.13. The van der Waals surface area contributed by atoms with E-state index in [0.29, 0.717) is 35.8 Å². The molecule has 0 radical (unpaired) electrons. The molecule has 0 aliphatic heterocycles. The number of carbonyl (C=O) groups is 1. The van der Waals surface area contributed by atoms with Crippen molar-refractivity contribution in [1.29, 1.82) is 0 Å². The summed E-state index contributed by atoms with van der Waals surface area (Å²) in [5, 5.41) is 2.80. The van der Waals surface area contributed by atoms with Crippen LogP contribution in [0.2, 0.25) is 0 Å². The van der Waals surface area contributed by atoms with Gasteiger partial charge in [-0.3, -0.25) is 4.79 Å². The second-order valence-electron chi connectivity index (χ2n) is 5.05. The molecule has 0 heterocycles. The Labute approximate surface area is 140 Å². The molecular formula is C18H20FNO4. The molecule has 6 heteroatoms. The largest absolute Gasteiger partial charge is 0.493 e. The lowest BCUT2D eigenvalue weighted by Crippen LogP contribution is -2.25. The third kappa shape index (κ3) is 4.16. The van der Waals surface area contributed by atoms with Crippen LogP contribution in [0.5, 0.6) is 17.2 Å². The van der Waals surface area contributed by atoms with E-state index in [1.807, 2.05) is 12.1 Å². The number of nitrogens with one attached hydrogen (secondary N) is 1. The van der Waals surface area contributed by atoms with E-state index in [0.717, 1.165) is 5.56 Å². The molecule has 24 heavy (non-hydrogen) atoms. The minimum absolute atomic E-state index is 0.248. The lowest BCUT2D eigenvalue weighted by Gasteiger charge is -2.14. The lowest BCUT2D eigenvalue weighted by molar-refractivity contribution is 0.0954. The van der Waals surface area contributed by atoms with Gasteiger partial charge in [0.1, 0.15) is 5.82 Å². The molecule has 1 N–H and O–H groups in total. The lowest BCUT2D eigenvalue weighted by atomic mass is 10.1. The molecule has 2 aromatic rings. The van der Waals surface area contributed by atoms with Crippen LogP contribution in [0.15, 0.2) is 36.4 Å². The smallest absolute Gasteiger partial charge is 0.251 e. The third-order valence-corrected chi connectivity index (χ3v) is 3.53. The van der Waals surface area contributed by atoms with Gasteiger partial charge in [-0.05, 0) is 48.4 Å². The first-order valence-electron chi connectivity index (χ1n) is 7.41. The first-order valence-corrected chi connectivity index (χ1v) is 7.41. The van der Waals surface area contributed by atoms with Crippen molar-refractivity contribution < 1.29 is 23.4 Å². The van der Waals surface area contributed by atoms with Crippen molar-refractivity contribution in [3.8, 4) is 17.2 Å². The molecule has 0 unspecified atom stereocenters. The molecule has 0 bridgehead atoms. The number of benzene rings is 2. The van der Waals surface area contributed by atoms with Crippen LogP contribution in [-0.2, 0) is 6.42 Å². The summed E-state index contributed by atoms with van der Waals surface area (Å²) in [7, 11) is 4.65. The van der Waals surface area contributed by atoms with Crippen molar-refractivity contribution in [3.05, 3.63) is 53.3 Å². The van der Waals surface area contributed by atoms with E-state index in [4.69, 9.17) is 14.2 Å². The number of halogens is 1. The first-order chi connectivity index (χ1) is 11.6. The number of carbonyl (C=O) groups excluding carboxylic acids is 1. The Morgan fingerprint density at radius 3 is 2.08 bits per heavy atom. The summed E-state index contributed by atoms with van der Waals surface area (Å²) in [5.41, 5.74) is 1.35. The SMILES string of the molecule is COc1cc(CCNC(=O)c2ccc(F)cc2)cc(OC)c1OC. The van der Waals surface area contributed by atoms with Gasteiger partial charge in [0.15, 0.2) is 11.5 Å². The molecule has 0 saturated heterocycles. The minimum atomic E-state index is -0.371. The molecule has 0 saturated carbocycles. The topological polar surface area (TPSA) is 56.8 Å². The predicted molar refractivity (Wildman–Crippen MR) is 88.5 cm³/mol. The molecule has 0 aromatic heterocycles. The molecule has 1 amide bonds. The fourth-order valence-electron chi connectivity index (χ4n) is 2.30. The van der Waals surface area contributed by atoms with E-state index in [1.54, 1.807) is 21.3 Å². The highest BCUT2D eigenvalue weighted by atomic mass is 19.1. The molecule has 0 aliphatic carbocycles. The van der Waals surface area contributed by atoms with Gasteiger partial charge >= 0.3 is 0 Å². The summed E-state index contributed by atoms with van der Waals surface area (Å²) in [6, 6.07) is 9.09. The number of hydrogen-bond donors (Lipinski definition) is 1. The minimum Gasteiger partial charge on any atom is -0.493 e. The molecule has 0 atom stereocenters. The molecular weight excluding hydrogens is 313 g/mol. The van der Waals surface area contributed by atoms with Gasteiger partial charge in [0, 0.05) is 12.1 Å². The number of methoxy groups -OCH3 is 3. The number of rotatable bonds is 7. The van der Waals surface area contributed by atoms with E-state index in [-0.39, 0.29) is 11.7 Å². The molecule has 0 spiro atoms. The Morgan fingerprint density at radius 2 is 1.58 bits per heavy atom. The summed E-state index contributed by atoms with van der Waals surface area (Å²) in [5.74, 6) is 1.04. The standard InChI is InChI=1S/C18H20FNO4/c1-22-15-10-12(11-16(23-2)17(15)24-3)8-9-20-18(21)13-4-6-14(19)7-5-13/h4-7,10-11H,8-9H2,1-3H3,(H,20,21). The Kier molecular flexibility index (Phi) is 6.01. The van der Waals surface area contributed by atoms with Gasteiger partial charge in [-0.25, -0.2) is 4.39 Å². The molecule has 5 nitrogen and oxygen atoms in total. The quantitative estimate of drug-likeness (QED) is 0.846. The monoisotopic (exact) mass is 333 g/mol. The summed E-state index contributed by atoms with van der Waals surface area (Å²) in [6.07, 6.45) is 0.587. The van der Waals surface area contributed by atoms with Crippen LogP contribution in [-0.4, -0.2) is 33.8 Å². The van der Waals surface area contributed by atoms with E-state index in [1.165, 1.54) is 24.3 Å². The van der Waals surface area contributed by atoms with Gasteiger partial charge in [0.05, 0.1) is 21.3 Å². The molecule has 0 fully saturated rings. The van der Waals surface area contributed by atoms with Gasteiger partial charge < -0.3 is 19.5 Å². The van der Waals surface area contributed by atoms with Crippen LogP contribution in [0.4, 0.5) is 4.39 Å². The van der Waals surface area contributed by atoms with Crippen molar-refractivity contribution in [3.63, 3.8) is 0 Å². The van der Waals surface area contributed by atoms with Gasteiger partial charge in [-0.2, -0.15) is 0 Å². The van der Waals surface area contributed by atoms with Gasteiger partial charge in [0.25, 0.3) is 5.91 Å². The van der Waals surface area contributed by atoms with Gasteiger partial charge in [-0.15, -0.1) is 0 Å². The Hall–Kier alpha value is -2.76. The second-order valence-corrected chi connectivity index (χ2v) is 5.05. The predicted octanol–water partition coefficient (Wildman–Crippen LogP) is 2.82. The second kappa shape index (κ2) is 8.19. The van der Waals surface area contributed by atoms with Crippen LogP contribution in [0.3, 0.4) is 0 Å². The van der Waals surface area contributed by atoms with Crippen molar-refractivity contribution in [2.75, 3.05) is 27.9 Å². The van der Waals surface area contributed by atoms with Crippen molar-refractivity contribution in [2.45, 2.75) is 6.42 Å². The number of amides is 1. The zero-order valence-electron chi connectivity index (χ0n) is 13.9. The van der Waals surface area contributed by atoms with Crippen LogP contribution in [0, 0.1) is 5.82 Å². The van der Waals surface area contributed by atoms with E-state index in [9.17, 15) is 9.18 Å². The van der Waals surface area contributed by atoms with E-state index in [2.05, 4.69) is 5.32 Å². The maximum Gasteiger partial charge on any atom is 0.251 e. The summed E-state index contributed by atoms with van der Waals surface area (Å²) in [6.45, 7) is 0.425. The molecule has 128 valence electrons. The van der Waals surface area contributed by atoms with E-state index >= 15 is 0 Å². The fourth-order valence-corrected chi connectivity index (χ4v) is 2.30. The van der Waals surface area contributed by atoms with Gasteiger partial charge in [-0.1, -0.05) is 0 Å². The summed E-state index contributed by atoms with van der Waals surface area (Å²) < 4.78 is 28.7. The van der Waals surface area contributed by atoms with Crippen LogP contribution < -0.4 is 19.5 Å². The highest BCUT2D eigenvalue weighted by Crippen LogP contribution is 2.38.